The fourth-order valence-electron chi connectivity index (χ4n) is 3.24. The Morgan fingerprint density at radius 3 is 2.45 bits per heavy atom. The van der Waals surface area contributed by atoms with Crippen LogP contribution in [0.4, 0.5) is 0 Å². The van der Waals surface area contributed by atoms with Gasteiger partial charge in [0.2, 0.25) is 0 Å². The van der Waals surface area contributed by atoms with E-state index in [1.807, 2.05) is 18.2 Å². The maximum absolute atomic E-state index is 13.1. The molecule has 0 N–H and O–H groups in total. The third-order valence-corrected chi connectivity index (χ3v) is 5.06. The fraction of sp³-hybridized carbons (Fsp3) is 0.478. The number of ether oxygens (including phenoxy) is 3. The van der Waals surface area contributed by atoms with Crippen LogP contribution < -0.4 is 0 Å². The summed E-state index contributed by atoms with van der Waals surface area (Å²) in [6, 6.07) is 8.86. The number of esters is 1. The highest BCUT2D eigenvalue weighted by molar-refractivity contribution is 6.43. The van der Waals surface area contributed by atoms with E-state index in [0.717, 1.165) is 30.6 Å². The molecule has 0 bridgehead atoms. The molecule has 1 aliphatic heterocycles. The second-order valence-electron chi connectivity index (χ2n) is 7.19. The summed E-state index contributed by atoms with van der Waals surface area (Å²) in [6.45, 7) is 4.44. The van der Waals surface area contributed by atoms with Crippen LogP contribution in [0.3, 0.4) is 0 Å². The van der Waals surface area contributed by atoms with Gasteiger partial charge in [-0.25, -0.2) is 9.69 Å². The summed E-state index contributed by atoms with van der Waals surface area (Å²) in [6.07, 6.45) is 4.32. The number of carbonyl (C=O) groups excluding carboxylic acids is 3. The maximum Gasteiger partial charge on any atom is 0.340 e. The Kier molecular flexibility index (Phi) is 9.40. The lowest BCUT2D eigenvalue weighted by Crippen LogP contribution is -2.46. The summed E-state index contributed by atoms with van der Waals surface area (Å²) in [5.74, 6) is -2.32. The Bertz CT molecular complexity index is 834. The van der Waals surface area contributed by atoms with Crippen molar-refractivity contribution in [2.24, 2.45) is 10.9 Å². The van der Waals surface area contributed by atoms with Gasteiger partial charge in [-0.3, -0.25) is 9.59 Å². The molecule has 0 aromatic heterocycles. The van der Waals surface area contributed by atoms with Crippen LogP contribution in [0.5, 0.6) is 0 Å². The standard InChI is InChI=1S/C23H30N2O6/c1-5-7-11-16(6-2)15-31-22(28)18(14-17-12-9-8-10-13-17)21(29-3)25-20(27)19(26)24-23(25)30-4/h8-10,12-14,16,21H,5-7,11,15H2,1-4H3. The van der Waals surface area contributed by atoms with Gasteiger partial charge in [-0.1, -0.05) is 63.4 Å². The third-order valence-electron chi connectivity index (χ3n) is 5.06. The minimum absolute atomic E-state index is 0.0619. The number of unbranched alkanes of at least 4 members (excludes halogenated alkanes) is 1. The number of carbonyl (C=O) groups is 3. The van der Waals surface area contributed by atoms with Crippen LogP contribution in [0, 0.1) is 5.92 Å². The number of aliphatic imine (C=N–C) groups is 1. The van der Waals surface area contributed by atoms with Crippen LogP contribution in [0.1, 0.15) is 45.1 Å². The highest BCUT2D eigenvalue weighted by Crippen LogP contribution is 2.23. The first-order valence-corrected chi connectivity index (χ1v) is 10.4. The van der Waals surface area contributed by atoms with Crippen molar-refractivity contribution in [3.05, 3.63) is 41.5 Å². The number of hydrogen-bond acceptors (Lipinski definition) is 6. The molecule has 1 aromatic rings. The lowest BCUT2D eigenvalue weighted by molar-refractivity contribution is -0.148. The Balaban J connectivity index is 2.35. The van der Waals surface area contributed by atoms with Gasteiger partial charge in [0, 0.05) is 7.11 Å². The Labute approximate surface area is 182 Å². The minimum Gasteiger partial charge on any atom is -0.468 e. The molecule has 0 spiro atoms. The minimum atomic E-state index is -1.24. The summed E-state index contributed by atoms with van der Waals surface area (Å²) >= 11 is 0. The lowest BCUT2D eigenvalue weighted by atomic mass is 10.0. The summed E-state index contributed by atoms with van der Waals surface area (Å²) in [5, 5.41) is 0. The SMILES string of the molecule is CCCCC(CC)COC(=O)C(=Cc1ccccc1)C(OC)N1C(=O)C(=O)N=C1OC. The van der Waals surface area contributed by atoms with Crippen molar-refractivity contribution in [1.29, 1.82) is 0 Å². The molecule has 8 nitrogen and oxygen atoms in total. The quantitative estimate of drug-likeness (QED) is 0.304. The predicted molar refractivity (Wildman–Crippen MR) is 116 cm³/mol. The monoisotopic (exact) mass is 430 g/mol. The number of rotatable bonds is 11. The lowest BCUT2D eigenvalue weighted by Gasteiger charge is -2.27. The molecular weight excluding hydrogens is 400 g/mol. The summed E-state index contributed by atoms with van der Waals surface area (Å²) in [7, 11) is 2.61. The normalized spacial score (nSPS) is 16.2. The summed E-state index contributed by atoms with van der Waals surface area (Å²) in [5.41, 5.74) is 0.773. The summed E-state index contributed by atoms with van der Waals surface area (Å²) in [4.78, 5) is 41.8. The van der Waals surface area contributed by atoms with E-state index in [-0.39, 0.29) is 24.1 Å². The first kappa shape index (κ1) is 24.3. The fourth-order valence-corrected chi connectivity index (χ4v) is 3.24. The first-order valence-electron chi connectivity index (χ1n) is 10.4. The van der Waals surface area contributed by atoms with Crippen LogP contribution in [0.25, 0.3) is 6.08 Å². The van der Waals surface area contributed by atoms with Crippen molar-refractivity contribution in [2.45, 2.75) is 45.8 Å². The molecule has 168 valence electrons. The molecule has 2 amide bonds. The molecule has 1 aliphatic rings. The van der Waals surface area contributed by atoms with Crippen molar-refractivity contribution >= 4 is 29.9 Å². The van der Waals surface area contributed by atoms with Gasteiger partial charge in [-0.2, -0.15) is 4.99 Å². The second kappa shape index (κ2) is 12.0. The smallest absolute Gasteiger partial charge is 0.340 e. The predicted octanol–water partition coefficient (Wildman–Crippen LogP) is 3.17. The Morgan fingerprint density at radius 2 is 1.87 bits per heavy atom. The van der Waals surface area contributed by atoms with E-state index in [0.29, 0.717) is 5.56 Å². The molecule has 2 atom stereocenters. The molecule has 2 rings (SSSR count). The van der Waals surface area contributed by atoms with E-state index in [9.17, 15) is 14.4 Å². The molecule has 8 heteroatoms. The van der Waals surface area contributed by atoms with Crippen LogP contribution in [0.15, 0.2) is 40.9 Å². The molecule has 0 saturated carbocycles. The van der Waals surface area contributed by atoms with Crippen molar-refractivity contribution in [1.82, 2.24) is 4.90 Å². The zero-order valence-corrected chi connectivity index (χ0v) is 18.5. The first-order chi connectivity index (χ1) is 15.0. The number of amidine groups is 1. The van der Waals surface area contributed by atoms with Gasteiger partial charge in [-0.15, -0.1) is 0 Å². The van der Waals surface area contributed by atoms with E-state index < -0.39 is 24.0 Å². The second-order valence-corrected chi connectivity index (χ2v) is 7.19. The van der Waals surface area contributed by atoms with E-state index in [4.69, 9.17) is 14.2 Å². The largest absolute Gasteiger partial charge is 0.468 e. The van der Waals surface area contributed by atoms with Crippen molar-refractivity contribution in [3.8, 4) is 0 Å². The molecule has 0 aliphatic carbocycles. The Morgan fingerprint density at radius 1 is 1.16 bits per heavy atom. The number of methoxy groups -OCH3 is 2. The molecule has 2 unspecified atom stereocenters. The zero-order chi connectivity index (χ0) is 22.8. The highest BCUT2D eigenvalue weighted by Gasteiger charge is 2.43. The summed E-state index contributed by atoms with van der Waals surface area (Å²) < 4.78 is 16.1. The number of benzene rings is 1. The maximum atomic E-state index is 13.1. The van der Waals surface area contributed by atoms with Crippen LogP contribution in [-0.4, -0.2) is 55.8 Å². The highest BCUT2D eigenvalue weighted by atomic mass is 16.5. The topological polar surface area (TPSA) is 94.5 Å². The van der Waals surface area contributed by atoms with Crippen LogP contribution in [-0.2, 0) is 28.6 Å². The number of amides is 2. The van der Waals surface area contributed by atoms with Gasteiger partial charge in [0.15, 0.2) is 6.23 Å². The van der Waals surface area contributed by atoms with Crippen molar-refractivity contribution < 1.29 is 28.6 Å². The van der Waals surface area contributed by atoms with Crippen LogP contribution in [0.2, 0.25) is 0 Å². The van der Waals surface area contributed by atoms with Gasteiger partial charge in [0.05, 0.1) is 19.3 Å². The average molecular weight is 431 g/mol. The van der Waals surface area contributed by atoms with Crippen molar-refractivity contribution in [2.75, 3.05) is 20.8 Å². The van der Waals surface area contributed by atoms with E-state index >= 15 is 0 Å². The van der Waals surface area contributed by atoms with Crippen LogP contribution >= 0.6 is 0 Å². The van der Waals surface area contributed by atoms with E-state index in [1.165, 1.54) is 14.2 Å². The van der Waals surface area contributed by atoms with Gasteiger partial charge in [0.1, 0.15) is 0 Å². The van der Waals surface area contributed by atoms with Gasteiger partial charge >= 0.3 is 23.8 Å². The molecular formula is C23H30N2O6. The van der Waals surface area contributed by atoms with Crippen molar-refractivity contribution in [3.63, 3.8) is 0 Å². The van der Waals surface area contributed by atoms with Gasteiger partial charge in [0.25, 0.3) is 0 Å². The Hall–Kier alpha value is -3.00. The molecule has 0 radical (unpaired) electrons. The molecule has 0 saturated heterocycles. The molecule has 31 heavy (non-hydrogen) atoms. The van der Waals surface area contributed by atoms with E-state index in [2.05, 4.69) is 18.8 Å². The number of hydrogen-bond donors (Lipinski definition) is 0. The molecule has 1 heterocycles. The zero-order valence-electron chi connectivity index (χ0n) is 18.5. The third kappa shape index (κ3) is 6.24. The molecule has 1 aromatic carbocycles. The van der Waals surface area contributed by atoms with Gasteiger partial charge in [-0.05, 0) is 24.0 Å². The van der Waals surface area contributed by atoms with E-state index in [1.54, 1.807) is 18.2 Å². The molecule has 0 fully saturated rings. The van der Waals surface area contributed by atoms with Gasteiger partial charge < -0.3 is 14.2 Å². The average Bonchev–Trinajstić information content (AvgIpc) is 3.08. The number of nitrogens with zero attached hydrogens (tertiary/aromatic N) is 2.